The van der Waals surface area contributed by atoms with Crippen molar-refractivity contribution in [3.8, 4) is 6.07 Å². The third-order valence-electron chi connectivity index (χ3n) is 5.33. The highest BCUT2D eigenvalue weighted by Crippen LogP contribution is 2.29. The monoisotopic (exact) mass is 397 g/mol. The zero-order valence-corrected chi connectivity index (χ0v) is 16.3. The molecule has 0 aromatic heterocycles. The number of nitriles is 1. The summed E-state index contributed by atoms with van der Waals surface area (Å²) in [7, 11) is 0. The fourth-order valence-electron chi connectivity index (χ4n) is 3.70. The SMILES string of the molecule is CCCCN1C(=O)c2ccc(C(=O)OCC(=O)NC3(C#N)CCCC3)cc2C1=O. The quantitative estimate of drug-likeness (QED) is 0.557. The van der Waals surface area contributed by atoms with E-state index in [2.05, 4.69) is 11.4 Å². The number of carbonyl (C=O) groups is 4. The summed E-state index contributed by atoms with van der Waals surface area (Å²) in [6.07, 6.45) is 4.45. The summed E-state index contributed by atoms with van der Waals surface area (Å²) in [5, 5.41) is 11.9. The first-order chi connectivity index (χ1) is 13.9. The Hall–Kier alpha value is -3.21. The van der Waals surface area contributed by atoms with E-state index in [0.29, 0.717) is 25.8 Å². The van der Waals surface area contributed by atoms with E-state index >= 15 is 0 Å². The van der Waals surface area contributed by atoms with Crippen molar-refractivity contribution in [1.82, 2.24) is 10.2 Å². The van der Waals surface area contributed by atoms with E-state index < -0.39 is 29.9 Å². The van der Waals surface area contributed by atoms with Gasteiger partial charge >= 0.3 is 5.97 Å². The average Bonchev–Trinajstić information content (AvgIpc) is 3.28. The van der Waals surface area contributed by atoms with Gasteiger partial charge in [0.1, 0.15) is 5.54 Å². The lowest BCUT2D eigenvalue weighted by Gasteiger charge is -2.21. The van der Waals surface area contributed by atoms with Gasteiger partial charge in [0, 0.05) is 6.54 Å². The Labute approximate surface area is 168 Å². The Morgan fingerprint density at radius 2 is 1.90 bits per heavy atom. The van der Waals surface area contributed by atoms with Crippen LogP contribution in [0.1, 0.15) is 76.5 Å². The Morgan fingerprint density at radius 1 is 1.21 bits per heavy atom. The van der Waals surface area contributed by atoms with Crippen molar-refractivity contribution in [2.24, 2.45) is 0 Å². The van der Waals surface area contributed by atoms with Crippen molar-refractivity contribution in [3.63, 3.8) is 0 Å². The molecule has 0 saturated heterocycles. The Morgan fingerprint density at radius 3 is 2.55 bits per heavy atom. The Balaban J connectivity index is 1.62. The van der Waals surface area contributed by atoms with Gasteiger partial charge in [0.15, 0.2) is 6.61 Å². The second-order valence-electron chi connectivity index (χ2n) is 7.40. The minimum absolute atomic E-state index is 0.0888. The Bertz CT molecular complexity index is 896. The summed E-state index contributed by atoms with van der Waals surface area (Å²) in [4.78, 5) is 50.4. The lowest BCUT2D eigenvalue weighted by molar-refractivity contribution is -0.125. The molecule has 3 amide bonds. The van der Waals surface area contributed by atoms with Gasteiger partial charge in [-0.15, -0.1) is 0 Å². The summed E-state index contributed by atoms with van der Waals surface area (Å²) in [6, 6.07) is 6.30. The number of hydrogen-bond donors (Lipinski definition) is 1. The molecule has 1 fully saturated rings. The predicted octanol–water partition coefficient (Wildman–Crippen LogP) is 2.19. The average molecular weight is 397 g/mol. The zero-order chi connectivity index (χ0) is 21.0. The van der Waals surface area contributed by atoms with E-state index in [1.165, 1.54) is 23.1 Å². The van der Waals surface area contributed by atoms with Crippen molar-refractivity contribution in [2.45, 2.75) is 51.0 Å². The van der Waals surface area contributed by atoms with E-state index in [9.17, 15) is 24.4 Å². The van der Waals surface area contributed by atoms with Gasteiger partial charge in [-0.2, -0.15) is 5.26 Å². The van der Waals surface area contributed by atoms with Gasteiger partial charge < -0.3 is 10.1 Å². The van der Waals surface area contributed by atoms with E-state index in [-0.39, 0.29) is 22.6 Å². The maximum Gasteiger partial charge on any atom is 0.338 e. The molecule has 1 aliphatic heterocycles. The molecule has 1 aromatic rings. The third kappa shape index (κ3) is 4.14. The molecule has 3 rings (SSSR count). The van der Waals surface area contributed by atoms with Gasteiger partial charge in [0.25, 0.3) is 17.7 Å². The molecule has 1 heterocycles. The number of unbranched alkanes of at least 4 members (excludes halogenated alkanes) is 1. The van der Waals surface area contributed by atoms with Crippen molar-refractivity contribution < 1.29 is 23.9 Å². The Kier molecular flexibility index (Phi) is 5.97. The maximum absolute atomic E-state index is 12.5. The maximum atomic E-state index is 12.5. The summed E-state index contributed by atoms with van der Waals surface area (Å²) in [5.74, 6) is -2.10. The topological polar surface area (TPSA) is 117 Å². The van der Waals surface area contributed by atoms with Crippen molar-refractivity contribution >= 4 is 23.7 Å². The number of nitrogens with zero attached hydrogens (tertiary/aromatic N) is 2. The summed E-state index contributed by atoms with van der Waals surface area (Å²) >= 11 is 0. The number of hydrogen-bond acceptors (Lipinski definition) is 6. The van der Waals surface area contributed by atoms with Crippen LogP contribution >= 0.6 is 0 Å². The van der Waals surface area contributed by atoms with Gasteiger partial charge in [0.2, 0.25) is 0 Å². The standard InChI is InChI=1S/C21H23N3O5/c1-2-3-10-24-18(26)15-7-6-14(11-16(15)19(24)27)20(28)29-12-17(25)23-21(13-22)8-4-5-9-21/h6-7,11H,2-5,8-10,12H2,1H3,(H,23,25). The van der Waals surface area contributed by atoms with E-state index in [4.69, 9.17) is 4.74 Å². The van der Waals surface area contributed by atoms with Gasteiger partial charge in [-0.1, -0.05) is 13.3 Å². The number of ether oxygens (including phenoxy) is 1. The molecule has 2 aliphatic rings. The summed E-state index contributed by atoms with van der Waals surface area (Å²) in [6.45, 7) is 1.78. The zero-order valence-electron chi connectivity index (χ0n) is 16.3. The predicted molar refractivity (Wildman–Crippen MR) is 102 cm³/mol. The second kappa shape index (κ2) is 8.43. The van der Waals surface area contributed by atoms with Crippen molar-refractivity contribution in [2.75, 3.05) is 13.2 Å². The lowest BCUT2D eigenvalue weighted by Crippen LogP contribution is -2.46. The molecular formula is C21H23N3O5. The van der Waals surface area contributed by atoms with Crippen molar-refractivity contribution in [3.05, 3.63) is 34.9 Å². The van der Waals surface area contributed by atoms with Gasteiger partial charge in [-0.25, -0.2) is 4.79 Å². The molecule has 152 valence electrons. The van der Waals surface area contributed by atoms with E-state index in [1.54, 1.807) is 0 Å². The molecular weight excluding hydrogens is 374 g/mol. The van der Waals surface area contributed by atoms with Gasteiger partial charge in [0.05, 0.1) is 22.8 Å². The first kappa shape index (κ1) is 20.5. The molecule has 1 aliphatic carbocycles. The number of esters is 1. The van der Waals surface area contributed by atoms with Crippen LogP contribution in [0.5, 0.6) is 0 Å². The van der Waals surface area contributed by atoms with E-state index in [0.717, 1.165) is 19.3 Å². The number of rotatable bonds is 7. The number of carbonyl (C=O) groups excluding carboxylic acids is 4. The molecule has 0 bridgehead atoms. The fraction of sp³-hybridized carbons (Fsp3) is 0.476. The molecule has 0 atom stereocenters. The highest BCUT2D eigenvalue weighted by molar-refractivity contribution is 6.21. The largest absolute Gasteiger partial charge is 0.452 e. The second-order valence-corrected chi connectivity index (χ2v) is 7.40. The van der Waals surface area contributed by atoms with Gasteiger partial charge in [-0.05, 0) is 50.3 Å². The van der Waals surface area contributed by atoms with Crippen LogP contribution in [0.4, 0.5) is 0 Å². The number of imide groups is 1. The minimum Gasteiger partial charge on any atom is -0.452 e. The molecule has 1 N–H and O–H groups in total. The normalized spacial score (nSPS) is 17.0. The highest BCUT2D eigenvalue weighted by Gasteiger charge is 2.37. The van der Waals surface area contributed by atoms with Crippen LogP contribution < -0.4 is 5.32 Å². The van der Waals surface area contributed by atoms with Crippen molar-refractivity contribution in [1.29, 1.82) is 5.26 Å². The molecule has 1 saturated carbocycles. The molecule has 0 unspecified atom stereocenters. The number of amides is 3. The lowest BCUT2D eigenvalue weighted by atomic mass is 10.00. The summed E-state index contributed by atoms with van der Waals surface area (Å²) in [5.41, 5.74) is -0.367. The molecule has 0 spiro atoms. The summed E-state index contributed by atoms with van der Waals surface area (Å²) < 4.78 is 5.03. The molecule has 8 heteroatoms. The highest BCUT2D eigenvalue weighted by atomic mass is 16.5. The van der Waals surface area contributed by atoms with Crippen LogP contribution in [0.25, 0.3) is 0 Å². The first-order valence-corrected chi connectivity index (χ1v) is 9.80. The first-order valence-electron chi connectivity index (χ1n) is 9.80. The van der Waals surface area contributed by atoms with Crippen LogP contribution in [-0.2, 0) is 9.53 Å². The van der Waals surface area contributed by atoms with Crippen LogP contribution in [0.3, 0.4) is 0 Å². The van der Waals surface area contributed by atoms with E-state index in [1.807, 2.05) is 6.92 Å². The van der Waals surface area contributed by atoms with Crippen LogP contribution in [0, 0.1) is 11.3 Å². The van der Waals surface area contributed by atoms with Crippen LogP contribution in [0.2, 0.25) is 0 Å². The number of benzene rings is 1. The molecule has 0 radical (unpaired) electrons. The minimum atomic E-state index is -0.883. The fourth-order valence-corrected chi connectivity index (χ4v) is 3.70. The molecule has 8 nitrogen and oxygen atoms in total. The number of fused-ring (bicyclic) bond motifs is 1. The third-order valence-corrected chi connectivity index (χ3v) is 5.33. The van der Waals surface area contributed by atoms with Gasteiger partial charge in [-0.3, -0.25) is 19.3 Å². The molecule has 29 heavy (non-hydrogen) atoms. The molecule has 1 aromatic carbocycles. The van der Waals surface area contributed by atoms with Crippen LogP contribution in [0.15, 0.2) is 18.2 Å². The smallest absolute Gasteiger partial charge is 0.338 e. The number of nitrogens with one attached hydrogen (secondary N) is 1. The van der Waals surface area contributed by atoms with Crippen LogP contribution in [-0.4, -0.2) is 47.3 Å².